The molecule has 1 atom stereocenters. The number of ether oxygens (including phenoxy) is 2. The number of nitrogens with zero attached hydrogens (tertiary/aromatic N) is 2. The Balaban J connectivity index is 1.46. The number of rotatable bonds is 7. The molecular formula is C22H36N4O2. The second-order valence-electron chi connectivity index (χ2n) is 8.10. The van der Waals surface area contributed by atoms with Gasteiger partial charge in [0.25, 0.3) is 0 Å². The second kappa shape index (κ2) is 10.7. The zero-order valence-electron chi connectivity index (χ0n) is 17.7. The molecule has 2 aliphatic rings. The van der Waals surface area contributed by atoms with Crippen molar-refractivity contribution in [3.8, 4) is 5.75 Å². The first kappa shape index (κ1) is 20.9. The smallest absolute Gasteiger partial charge is 0.191 e. The molecule has 0 saturated carbocycles. The highest BCUT2D eigenvalue weighted by Crippen LogP contribution is 2.24. The molecule has 2 saturated heterocycles. The van der Waals surface area contributed by atoms with Gasteiger partial charge in [0.05, 0.1) is 13.2 Å². The summed E-state index contributed by atoms with van der Waals surface area (Å²) in [5.74, 6) is 2.63. The first-order valence-electron chi connectivity index (χ1n) is 10.6. The first-order valence-corrected chi connectivity index (χ1v) is 10.6. The quantitative estimate of drug-likeness (QED) is 0.555. The monoisotopic (exact) mass is 388 g/mol. The molecule has 2 aliphatic heterocycles. The summed E-state index contributed by atoms with van der Waals surface area (Å²) < 4.78 is 11.6. The number of likely N-dealkylation sites (tertiary alicyclic amines) is 1. The van der Waals surface area contributed by atoms with E-state index in [1.807, 2.05) is 7.05 Å². The lowest BCUT2D eigenvalue weighted by molar-refractivity contribution is 0.140. The Morgan fingerprint density at radius 3 is 2.79 bits per heavy atom. The van der Waals surface area contributed by atoms with E-state index in [4.69, 9.17) is 9.47 Å². The van der Waals surface area contributed by atoms with Gasteiger partial charge in [-0.3, -0.25) is 4.99 Å². The molecule has 0 radical (unpaired) electrons. The summed E-state index contributed by atoms with van der Waals surface area (Å²) in [7, 11) is 4.04. The van der Waals surface area contributed by atoms with Crippen LogP contribution in [-0.2, 0) is 11.3 Å². The molecular weight excluding hydrogens is 352 g/mol. The van der Waals surface area contributed by atoms with E-state index in [-0.39, 0.29) is 6.10 Å². The Hall–Kier alpha value is -1.79. The molecule has 1 aromatic carbocycles. The van der Waals surface area contributed by atoms with Gasteiger partial charge >= 0.3 is 0 Å². The van der Waals surface area contributed by atoms with Crippen LogP contribution in [0.15, 0.2) is 23.2 Å². The zero-order chi connectivity index (χ0) is 19.8. The predicted octanol–water partition coefficient (Wildman–Crippen LogP) is 2.56. The van der Waals surface area contributed by atoms with Gasteiger partial charge in [-0.15, -0.1) is 0 Å². The minimum atomic E-state index is 0.160. The topological polar surface area (TPSA) is 58.1 Å². The maximum atomic E-state index is 6.19. The van der Waals surface area contributed by atoms with Crippen molar-refractivity contribution in [2.24, 2.45) is 10.9 Å². The highest BCUT2D eigenvalue weighted by atomic mass is 16.5. The summed E-state index contributed by atoms with van der Waals surface area (Å²) >= 11 is 0. The van der Waals surface area contributed by atoms with Crippen LogP contribution in [0.1, 0.15) is 36.8 Å². The number of piperidine rings is 1. The van der Waals surface area contributed by atoms with Crippen LogP contribution >= 0.6 is 0 Å². The summed E-state index contributed by atoms with van der Waals surface area (Å²) in [6, 6.07) is 6.39. The van der Waals surface area contributed by atoms with Gasteiger partial charge in [-0.05, 0) is 63.9 Å². The molecule has 1 aromatic rings. The van der Waals surface area contributed by atoms with E-state index in [1.54, 1.807) is 0 Å². The van der Waals surface area contributed by atoms with E-state index in [9.17, 15) is 0 Å². The Kier molecular flexibility index (Phi) is 7.98. The summed E-state index contributed by atoms with van der Waals surface area (Å²) in [6.07, 6.45) is 4.93. The standard InChI is InChI=1S/C22H36N4O2/c1-17-4-5-19(21(14-17)28-20-9-13-27-16-20)15-25-22(23-2)24-10-6-18-7-11-26(3)12-8-18/h4-5,14,18,20H,6-13,15-16H2,1-3H3,(H2,23,24,25). The molecule has 3 rings (SSSR count). The molecule has 2 N–H and O–H groups in total. The number of hydrogen-bond donors (Lipinski definition) is 2. The normalized spacial score (nSPS) is 21.7. The predicted molar refractivity (Wildman–Crippen MR) is 114 cm³/mol. The number of aliphatic imine (C=N–C) groups is 1. The van der Waals surface area contributed by atoms with Gasteiger partial charge in [-0.2, -0.15) is 0 Å². The van der Waals surface area contributed by atoms with Crippen molar-refractivity contribution in [1.82, 2.24) is 15.5 Å². The van der Waals surface area contributed by atoms with Crippen LogP contribution in [0, 0.1) is 12.8 Å². The minimum Gasteiger partial charge on any atom is -0.488 e. The average molecular weight is 389 g/mol. The number of hydrogen-bond acceptors (Lipinski definition) is 4. The van der Waals surface area contributed by atoms with Crippen molar-refractivity contribution in [2.75, 3.05) is 46.9 Å². The Bertz CT molecular complexity index is 635. The summed E-state index contributed by atoms with van der Waals surface area (Å²) in [5, 5.41) is 6.90. The molecule has 0 bridgehead atoms. The van der Waals surface area contributed by atoms with Crippen molar-refractivity contribution in [3.05, 3.63) is 29.3 Å². The van der Waals surface area contributed by atoms with Gasteiger partial charge in [-0.25, -0.2) is 0 Å². The molecule has 1 unspecified atom stereocenters. The molecule has 6 nitrogen and oxygen atoms in total. The largest absolute Gasteiger partial charge is 0.488 e. The van der Waals surface area contributed by atoms with Crippen LogP contribution < -0.4 is 15.4 Å². The third-order valence-electron chi connectivity index (χ3n) is 5.76. The van der Waals surface area contributed by atoms with Crippen LogP contribution in [0.4, 0.5) is 0 Å². The lowest BCUT2D eigenvalue weighted by Gasteiger charge is -2.29. The minimum absolute atomic E-state index is 0.160. The molecule has 0 spiro atoms. The molecule has 2 heterocycles. The summed E-state index contributed by atoms with van der Waals surface area (Å²) in [5.41, 5.74) is 2.36. The average Bonchev–Trinajstić information content (AvgIpc) is 3.20. The lowest BCUT2D eigenvalue weighted by atomic mass is 9.94. The Morgan fingerprint density at radius 2 is 2.07 bits per heavy atom. The molecule has 6 heteroatoms. The van der Waals surface area contributed by atoms with E-state index < -0.39 is 0 Å². The fraction of sp³-hybridized carbons (Fsp3) is 0.682. The Morgan fingerprint density at radius 1 is 1.25 bits per heavy atom. The molecule has 0 amide bonds. The van der Waals surface area contributed by atoms with Crippen LogP contribution in [0.3, 0.4) is 0 Å². The fourth-order valence-corrected chi connectivity index (χ4v) is 3.85. The molecule has 156 valence electrons. The fourth-order valence-electron chi connectivity index (χ4n) is 3.85. The van der Waals surface area contributed by atoms with Crippen molar-refractivity contribution in [2.45, 2.75) is 45.3 Å². The number of aryl methyl sites for hydroxylation is 1. The highest BCUT2D eigenvalue weighted by molar-refractivity contribution is 5.79. The molecule has 28 heavy (non-hydrogen) atoms. The van der Waals surface area contributed by atoms with Crippen LogP contribution in [0.25, 0.3) is 0 Å². The van der Waals surface area contributed by atoms with Gasteiger partial charge < -0.3 is 25.0 Å². The van der Waals surface area contributed by atoms with E-state index in [0.29, 0.717) is 13.2 Å². The van der Waals surface area contributed by atoms with Crippen molar-refractivity contribution in [1.29, 1.82) is 0 Å². The molecule has 2 fully saturated rings. The number of nitrogens with one attached hydrogen (secondary N) is 2. The first-order chi connectivity index (χ1) is 13.6. The highest BCUT2D eigenvalue weighted by Gasteiger charge is 2.19. The van der Waals surface area contributed by atoms with E-state index in [1.165, 1.54) is 37.9 Å². The van der Waals surface area contributed by atoms with Gasteiger partial charge in [-0.1, -0.05) is 12.1 Å². The van der Waals surface area contributed by atoms with Crippen LogP contribution in [0.2, 0.25) is 0 Å². The van der Waals surface area contributed by atoms with Gasteiger partial charge in [0, 0.05) is 32.1 Å². The maximum Gasteiger partial charge on any atom is 0.191 e. The van der Waals surface area contributed by atoms with Crippen molar-refractivity contribution in [3.63, 3.8) is 0 Å². The van der Waals surface area contributed by atoms with E-state index >= 15 is 0 Å². The number of benzene rings is 1. The second-order valence-corrected chi connectivity index (χ2v) is 8.10. The van der Waals surface area contributed by atoms with Crippen molar-refractivity contribution >= 4 is 5.96 Å². The Labute approximate surface area is 169 Å². The van der Waals surface area contributed by atoms with Crippen LogP contribution in [-0.4, -0.2) is 63.9 Å². The molecule has 0 aromatic heterocycles. The SMILES string of the molecule is CN=C(NCCC1CCN(C)CC1)NCc1ccc(C)cc1OC1CCOC1. The number of guanidine groups is 1. The van der Waals surface area contributed by atoms with E-state index in [2.05, 4.69) is 52.7 Å². The van der Waals surface area contributed by atoms with Crippen LogP contribution in [0.5, 0.6) is 5.75 Å². The van der Waals surface area contributed by atoms with Gasteiger partial charge in [0.2, 0.25) is 0 Å². The van der Waals surface area contributed by atoms with Crippen molar-refractivity contribution < 1.29 is 9.47 Å². The zero-order valence-corrected chi connectivity index (χ0v) is 17.7. The summed E-state index contributed by atoms with van der Waals surface area (Å²) in [6.45, 7) is 7.67. The van der Waals surface area contributed by atoms with E-state index in [0.717, 1.165) is 42.8 Å². The molecule has 0 aliphatic carbocycles. The summed E-state index contributed by atoms with van der Waals surface area (Å²) in [4.78, 5) is 6.79. The van der Waals surface area contributed by atoms with Gasteiger partial charge in [0.15, 0.2) is 5.96 Å². The van der Waals surface area contributed by atoms with Gasteiger partial charge in [0.1, 0.15) is 11.9 Å². The third kappa shape index (κ3) is 6.38. The maximum absolute atomic E-state index is 6.19. The lowest BCUT2D eigenvalue weighted by Crippen LogP contribution is -2.38. The third-order valence-corrected chi connectivity index (χ3v) is 5.76.